The van der Waals surface area contributed by atoms with Gasteiger partial charge in [-0.1, -0.05) is 19.1 Å². The predicted octanol–water partition coefficient (Wildman–Crippen LogP) is 3.02. The van der Waals surface area contributed by atoms with Gasteiger partial charge in [-0.2, -0.15) is 0 Å². The molecule has 0 saturated heterocycles. The number of carbonyl (C=O) groups is 1. The van der Waals surface area contributed by atoms with Gasteiger partial charge >= 0.3 is 0 Å². The average molecular weight is 380 g/mol. The van der Waals surface area contributed by atoms with Crippen LogP contribution in [0.5, 0.6) is 5.75 Å². The second-order valence-corrected chi connectivity index (χ2v) is 7.51. The molecule has 0 fully saturated rings. The fourth-order valence-corrected chi connectivity index (χ4v) is 3.78. The van der Waals surface area contributed by atoms with E-state index in [1.165, 1.54) is 25.3 Å². The highest BCUT2D eigenvalue weighted by atomic mass is 32.2. The van der Waals surface area contributed by atoms with Gasteiger partial charge in [0.25, 0.3) is 0 Å². The number of ether oxygens (including phenoxy) is 1. The summed E-state index contributed by atoms with van der Waals surface area (Å²) in [6.45, 7) is 1.66. The van der Waals surface area contributed by atoms with E-state index < -0.39 is 27.8 Å². The van der Waals surface area contributed by atoms with Gasteiger partial charge in [-0.15, -0.1) is 0 Å². The molecule has 1 amide bonds. The van der Waals surface area contributed by atoms with E-state index in [0.29, 0.717) is 11.4 Å². The third kappa shape index (κ3) is 4.51. The summed E-state index contributed by atoms with van der Waals surface area (Å²) in [6.07, 6.45) is 1.12. The van der Waals surface area contributed by atoms with Crippen LogP contribution in [-0.2, 0) is 14.8 Å². The number of anilines is 2. The van der Waals surface area contributed by atoms with Crippen molar-refractivity contribution in [2.75, 3.05) is 23.0 Å². The van der Waals surface area contributed by atoms with Crippen LogP contribution in [-0.4, -0.2) is 33.7 Å². The van der Waals surface area contributed by atoms with Crippen LogP contribution in [0.3, 0.4) is 0 Å². The van der Waals surface area contributed by atoms with Crippen LogP contribution < -0.4 is 14.4 Å². The minimum absolute atomic E-state index is 0.160. The third-order valence-corrected chi connectivity index (χ3v) is 4.94. The number of methoxy groups -OCH3 is 1. The second kappa shape index (κ2) is 8.18. The standard InChI is InChI=1S/C18H21FN2O4S/c1-4-16(18(22)20-13-9-11-14(25-2)12-10-13)21(26(3,23)24)17-8-6-5-7-15(17)19/h5-12,16H,4H2,1-3H3,(H,20,22)/t16-/m0/s1. The van der Waals surface area contributed by atoms with E-state index in [1.54, 1.807) is 31.2 Å². The van der Waals surface area contributed by atoms with Crippen LogP contribution in [0.4, 0.5) is 15.8 Å². The van der Waals surface area contributed by atoms with Gasteiger partial charge in [-0.25, -0.2) is 12.8 Å². The zero-order valence-electron chi connectivity index (χ0n) is 14.8. The molecule has 26 heavy (non-hydrogen) atoms. The molecule has 0 saturated carbocycles. The quantitative estimate of drug-likeness (QED) is 0.801. The molecule has 6 nitrogen and oxygen atoms in total. The van der Waals surface area contributed by atoms with E-state index >= 15 is 0 Å². The first-order chi connectivity index (χ1) is 12.3. The molecule has 1 N–H and O–H groups in total. The molecule has 0 aliphatic heterocycles. The molecule has 0 aliphatic carbocycles. The Hall–Kier alpha value is -2.61. The van der Waals surface area contributed by atoms with Crippen molar-refractivity contribution in [1.82, 2.24) is 0 Å². The Morgan fingerprint density at radius 3 is 2.31 bits per heavy atom. The number of hydrogen-bond acceptors (Lipinski definition) is 4. The maximum Gasteiger partial charge on any atom is 0.248 e. The zero-order chi connectivity index (χ0) is 19.3. The van der Waals surface area contributed by atoms with Gasteiger partial charge in [0.1, 0.15) is 17.6 Å². The number of benzene rings is 2. The summed E-state index contributed by atoms with van der Waals surface area (Å²) in [4.78, 5) is 12.7. The normalized spacial score (nSPS) is 12.3. The Kier molecular flexibility index (Phi) is 6.20. The van der Waals surface area contributed by atoms with E-state index in [-0.39, 0.29) is 12.1 Å². The van der Waals surface area contributed by atoms with Crippen molar-refractivity contribution in [3.05, 3.63) is 54.3 Å². The highest BCUT2D eigenvalue weighted by Gasteiger charge is 2.33. The highest BCUT2D eigenvalue weighted by molar-refractivity contribution is 7.92. The Bertz CT molecular complexity index is 869. The highest BCUT2D eigenvalue weighted by Crippen LogP contribution is 2.26. The monoisotopic (exact) mass is 380 g/mol. The maximum atomic E-state index is 14.2. The van der Waals surface area contributed by atoms with Crippen LogP contribution >= 0.6 is 0 Å². The SMILES string of the molecule is CC[C@@H](C(=O)Nc1ccc(OC)cc1)N(c1ccccc1F)S(C)(=O)=O. The Labute approximate surface area is 152 Å². The fraction of sp³-hybridized carbons (Fsp3) is 0.278. The third-order valence-electron chi connectivity index (χ3n) is 3.78. The van der Waals surface area contributed by atoms with E-state index in [4.69, 9.17) is 4.74 Å². The zero-order valence-corrected chi connectivity index (χ0v) is 15.6. The molecule has 0 aliphatic rings. The summed E-state index contributed by atoms with van der Waals surface area (Å²) in [6, 6.07) is 11.0. The molecule has 1 atom stereocenters. The summed E-state index contributed by atoms with van der Waals surface area (Å²) in [7, 11) is -2.36. The molecular formula is C18H21FN2O4S. The predicted molar refractivity (Wildman–Crippen MR) is 99.4 cm³/mol. The van der Waals surface area contributed by atoms with Crippen LogP contribution in [0, 0.1) is 5.82 Å². The Morgan fingerprint density at radius 2 is 1.81 bits per heavy atom. The fourth-order valence-electron chi connectivity index (χ4n) is 2.57. The van der Waals surface area contributed by atoms with E-state index in [0.717, 1.165) is 16.6 Å². The first-order valence-corrected chi connectivity index (χ1v) is 9.81. The van der Waals surface area contributed by atoms with Crippen molar-refractivity contribution < 1.29 is 22.3 Å². The van der Waals surface area contributed by atoms with Crippen LogP contribution in [0.25, 0.3) is 0 Å². The molecule has 0 bridgehead atoms. The first kappa shape index (κ1) is 19.7. The van der Waals surface area contributed by atoms with Crippen molar-refractivity contribution in [1.29, 1.82) is 0 Å². The lowest BCUT2D eigenvalue weighted by atomic mass is 10.1. The largest absolute Gasteiger partial charge is 0.497 e. The number of hydrogen-bond donors (Lipinski definition) is 1. The van der Waals surface area contributed by atoms with E-state index in [1.807, 2.05) is 0 Å². The molecular weight excluding hydrogens is 359 g/mol. The van der Waals surface area contributed by atoms with Crippen molar-refractivity contribution in [2.24, 2.45) is 0 Å². The second-order valence-electron chi connectivity index (χ2n) is 5.65. The summed E-state index contributed by atoms with van der Waals surface area (Å²) in [5.41, 5.74) is 0.322. The lowest BCUT2D eigenvalue weighted by Gasteiger charge is -2.30. The number of para-hydroxylation sites is 1. The lowest BCUT2D eigenvalue weighted by Crippen LogP contribution is -2.47. The summed E-state index contributed by atoms with van der Waals surface area (Å²) in [5.74, 6) is -0.640. The summed E-state index contributed by atoms with van der Waals surface area (Å²) >= 11 is 0. The Morgan fingerprint density at radius 1 is 1.19 bits per heavy atom. The molecule has 0 unspecified atom stereocenters. The van der Waals surface area contributed by atoms with Crippen molar-refractivity contribution in [3.63, 3.8) is 0 Å². The molecule has 2 rings (SSSR count). The van der Waals surface area contributed by atoms with Gasteiger partial charge in [-0.3, -0.25) is 9.10 Å². The van der Waals surface area contributed by atoms with E-state index in [2.05, 4.69) is 5.32 Å². The molecule has 2 aromatic rings. The lowest BCUT2D eigenvalue weighted by molar-refractivity contribution is -0.117. The molecule has 0 heterocycles. The van der Waals surface area contributed by atoms with Gasteiger partial charge in [0.05, 0.1) is 19.1 Å². The molecule has 2 aromatic carbocycles. The number of sulfonamides is 1. The number of nitrogens with zero attached hydrogens (tertiary/aromatic N) is 1. The van der Waals surface area contributed by atoms with Crippen molar-refractivity contribution >= 4 is 27.3 Å². The molecule has 0 radical (unpaired) electrons. The minimum atomic E-state index is -3.89. The molecule has 140 valence electrons. The summed E-state index contributed by atoms with van der Waals surface area (Å²) in [5, 5.41) is 2.66. The molecule has 0 aromatic heterocycles. The van der Waals surface area contributed by atoms with Crippen molar-refractivity contribution in [2.45, 2.75) is 19.4 Å². The van der Waals surface area contributed by atoms with Gasteiger partial charge < -0.3 is 10.1 Å². The number of halogens is 1. The first-order valence-electron chi connectivity index (χ1n) is 7.96. The molecule has 0 spiro atoms. The van der Waals surface area contributed by atoms with Crippen molar-refractivity contribution in [3.8, 4) is 5.75 Å². The van der Waals surface area contributed by atoms with Gasteiger partial charge in [-0.05, 0) is 42.8 Å². The minimum Gasteiger partial charge on any atom is -0.497 e. The number of carbonyl (C=O) groups excluding carboxylic acids is 1. The Balaban J connectivity index is 2.35. The average Bonchev–Trinajstić information content (AvgIpc) is 2.60. The van der Waals surface area contributed by atoms with E-state index in [9.17, 15) is 17.6 Å². The van der Waals surface area contributed by atoms with Crippen LogP contribution in [0.15, 0.2) is 48.5 Å². The topological polar surface area (TPSA) is 75.7 Å². The smallest absolute Gasteiger partial charge is 0.248 e. The van der Waals surface area contributed by atoms with Gasteiger partial charge in [0.2, 0.25) is 15.9 Å². The number of nitrogens with one attached hydrogen (secondary N) is 1. The maximum absolute atomic E-state index is 14.2. The van der Waals surface area contributed by atoms with Gasteiger partial charge in [0.15, 0.2) is 0 Å². The molecule has 8 heteroatoms. The summed E-state index contributed by atoms with van der Waals surface area (Å²) < 4.78 is 44.6. The van der Waals surface area contributed by atoms with Gasteiger partial charge in [0, 0.05) is 5.69 Å². The number of amides is 1. The van der Waals surface area contributed by atoms with Crippen LogP contribution in [0.1, 0.15) is 13.3 Å². The van der Waals surface area contributed by atoms with Crippen LogP contribution in [0.2, 0.25) is 0 Å². The number of rotatable bonds is 7.